The molecule has 1 atom stereocenters. The first-order valence-electron chi connectivity index (χ1n) is 6.21. The largest absolute Gasteiger partial charge is 0.340 e. The SMILES string of the molecule is CCCCN(C(=O)C1CNC1)C(C)CC. The Hall–Kier alpha value is -0.570. The highest BCUT2D eigenvalue weighted by Crippen LogP contribution is 2.14. The molecule has 88 valence electrons. The van der Waals surface area contributed by atoms with E-state index in [1.165, 1.54) is 0 Å². The molecule has 0 aromatic rings. The average Bonchev–Trinajstić information content (AvgIpc) is 2.15. The van der Waals surface area contributed by atoms with E-state index in [4.69, 9.17) is 0 Å². The zero-order chi connectivity index (χ0) is 11.3. The summed E-state index contributed by atoms with van der Waals surface area (Å²) in [4.78, 5) is 14.2. The fraction of sp³-hybridized carbons (Fsp3) is 0.917. The summed E-state index contributed by atoms with van der Waals surface area (Å²) in [5.74, 6) is 0.604. The number of carbonyl (C=O) groups is 1. The van der Waals surface area contributed by atoms with Gasteiger partial charge in [0.25, 0.3) is 0 Å². The molecule has 1 saturated heterocycles. The number of amides is 1. The van der Waals surface area contributed by atoms with Gasteiger partial charge in [-0.1, -0.05) is 20.3 Å². The minimum absolute atomic E-state index is 0.246. The Morgan fingerprint density at radius 3 is 2.53 bits per heavy atom. The summed E-state index contributed by atoms with van der Waals surface area (Å²) in [6.07, 6.45) is 3.33. The van der Waals surface area contributed by atoms with E-state index in [0.29, 0.717) is 11.9 Å². The molecule has 0 bridgehead atoms. The van der Waals surface area contributed by atoms with Gasteiger partial charge in [-0.15, -0.1) is 0 Å². The lowest BCUT2D eigenvalue weighted by Crippen LogP contribution is -2.54. The van der Waals surface area contributed by atoms with Gasteiger partial charge in [-0.25, -0.2) is 0 Å². The van der Waals surface area contributed by atoms with Crippen LogP contribution in [-0.2, 0) is 4.79 Å². The van der Waals surface area contributed by atoms with Crippen LogP contribution >= 0.6 is 0 Å². The van der Waals surface area contributed by atoms with Gasteiger partial charge in [0.2, 0.25) is 5.91 Å². The smallest absolute Gasteiger partial charge is 0.228 e. The molecule has 0 aliphatic carbocycles. The van der Waals surface area contributed by atoms with Crippen LogP contribution in [-0.4, -0.2) is 36.5 Å². The van der Waals surface area contributed by atoms with Gasteiger partial charge in [-0.2, -0.15) is 0 Å². The normalized spacial score (nSPS) is 18.3. The molecule has 1 rings (SSSR count). The number of hydrogen-bond donors (Lipinski definition) is 1. The van der Waals surface area contributed by atoms with Crippen LogP contribution < -0.4 is 5.32 Å². The molecule has 0 radical (unpaired) electrons. The second kappa shape index (κ2) is 6.11. The first-order valence-corrected chi connectivity index (χ1v) is 6.21. The van der Waals surface area contributed by atoms with Crippen molar-refractivity contribution in [3.05, 3.63) is 0 Å². The van der Waals surface area contributed by atoms with Gasteiger partial charge in [0, 0.05) is 25.7 Å². The molecule has 1 unspecified atom stereocenters. The molecule has 15 heavy (non-hydrogen) atoms. The monoisotopic (exact) mass is 212 g/mol. The maximum atomic E-state index is 12.1. The summed E-state index contributed by atoms with van der Waals surface area (Å²) in [7, 11) is 0. The minimum Gasteiger partial charge on any atom is -0.340 e. The van der Waals surface area contributed by atoms with Crippen LogP contribution in [0.5, 0.6) is 0 Å². The van der Waals surface area contributed by atoms with Crippen molar-refractivity contribution in [1.82, 2.24) is 10.2 Å². The number of nitrogens with zero attached hydrogens (tertiary/aromatic N) is 1. The second-order valence-electron chi connectivity index (χ2n) is 4.50. The molecule has 1 amide bonds. The average molecular weight is 212 g/mol. The van der Waals surface area contributed by atoms with Crippen LogP contribution in [0.1, 0.15) is 40.0 Å². The van der Waals surface area contributed by atoms with E-state index in [9.17, 15) is 4.79 Å². The lowest BCUT2D eigenvalue weighted by molar-refractivity contribution is -0.139. The standard InChI is InChI=1S/C12H24N2O/c1-4-6-7-14(10(3)5-2)12(15)11-8-13-9-11/h10-11,13H,4-9H2,1-3H3. The number of unbranched alkanes of at least 4 members (excludes halogenated alkanes) is 1. The Bertz CT molecular complexity index is 202. The molecule has 0 spiro atoms. The van der Waals surface area contributed by atoms with E-state index in [1.54, 1.807) is 0 Å². The van der Waals surface area contributed by atoms with Gasteiger partial charge in [0.05, 0.1) is 5.92 Å². The highest BCUT2D eigenvalue weighted by atomic mass is 16.2. The fourth-order valence-electron chi connectivity index (χ4n) is 1.79. The summed E-state index contributed by atoms with van der Waals surface area (Å²) >= 11 is 0. The van der Waals surface area contributed by atoms with Crippen molar-refractivity contribution in [3.8, 4) is 0 Å². The number of nitrogens with one attached hydrogen (secondary N) is 1. The highest BCUT2D eigenvalue weighted by Gasteiger charge is 2.30. The van der Waals surface area contributed by atoms with Gasteiger partial charge in [-0.3, -0.25) is 4.79 Å². The Morgan fingerprint density at radius 2 is 2.13 bits per heavy atom. The molecular formula is C12H24N2O. The summed E-state index contributed by atoms with van der Waals surface area (Å²) < 4.78 is 0. The molecule has 3 heteroatoms. The third-order valence-corrected chi connectivity index (χ3v) is 3.29. The summed E-state index contributed by atoms with van der Waals surface area (Å²) in [5, 5.41) is 3.16. The third kappa shape index (κ3) is 3.20. The predicted molar refractivity (Wildman–Crippen MR) is 62.7 cm³/mol. The van der Waals surface area contributed by atoms with E-state index in [1.807, 2.05) is 0 Å². The van der Waals surface area contributed by atoms with Crippen LogP contribution in [0, 0.1) is 5.92 Å². The van der Waals surface area contributed by atoms with Crippen LogP contribution in [0.4, 0.5) is 0 Å². The van der Waals surface area contributed by atoms with Gasteiger partial charge in [0.15, 0.2) is 0 Å². The van der Waals surface area contributed by atoms with Crippen LogP contribution in [0.15, 0.2) is 0 Å². The van der Waals surface area contributed by atoms with Crippen molar-refractivity contribution >= 4 is 5.91 Å². The summed E-state index contributed by atoms with van der Waals surface area (Å²) in [5.41, 5.74) is 0. The molecule has 3 nitrogen and oxygen atoms in total. The molecular weight excluding hydrogens is 188 g/mol. The topological polar surface area (TPSA) is 32.3 Å². The van der Waals surface area contributed by atoms with Crippen molar-refractivity contribution < 1.29 is 4.79 Å². The molecule has 0 aromatic heterocycles. The maximum absolute atomic E-state index is 12.1. The van der Waals surface area contributed by atoms with E-state index in [0.717, 1.165) is 38.9 Å². The number of carbonyl (C=O) groups excluding carboxylic acids is 1. The van der Waals surface area contributed by atoms with E-state index < -0.39 is 0 Å². The predicted octanol–water partition coefficient (Wildman–Crippen LogP) is 1.63. The minimum atomic E-state index is 0.246. The van der Waals surface area contributed by atoms with Gasteiger partial charge < -0.3 is 10.2 Å². The summed E-state index contributed by atoms with van der Waals surface area (Å²) in [6.45, 7) is 9.15. The van der Waals surface area contributed by atoms with Crippen molar-refractivity contribution in [3.63, 3.8) is 0 Å². The lowest BCUT2D eigenvalue weighted by Gasteiger charge is -2.35. The Kier molecular flexibility index (Phi) is 5.09. The Labute approximate surface area is 93.2 Å². The molecule has 1 aliphatic rings. The highest BCUT2D eigenvalue weighted by molar-refractivity contribution is 5.80. The van der Waals surface area contributed by atoms with Crippen molar-refractivity contribution in [2.75, 3.05) is 19.6 Å². The Morgan fingerprint density at radius 1 is 1.47 bits per heavy atom. The molecule has 1 N–H and O–H groups in total. The fourth-order valence-corrected chi connectivity index (χ4v) is 1.79. The lowest BCUT2D eigenvalue weighted by atomic mass is 10.00. The first-order chi connectivity index (χ1) is 7.20. The van der Waals surface area contributed by atoms with E-state index in [-0.39, 0.29) is 5.92 Å². The zero-order valence-corrected chi connectivity index (χ0v) is 10.3. The van der Waals surface area contributed by atoms with Crippen LogP contribution in [0.2, 0.25) is 0 Å². The first kappa shape index (κ1) is 12.5. The molecule has 1 heterocycles. The molecule has 1 aliphatic heterocycles. The number of hydrogen-bond acceptors (Lipinski definition) is 2. The van der Waals surface area contributed by atoms with Gasteiger partial charge >= 0.3 is 0 Å². The second-order valence-corrected chi connectivity index (χ2v) is 4.50. The number of rotatable bonds is 6. The van der Waals surface area contributed by atoms with Crippen LogP contribution in [0.25, 0.3) is 0 Å². The Balaban J connectivity index is 2.49. The van der Waals surface area contributed by atoms with Crippen molar-refractivity contribution in [2.45, 2.75) is 46.1 Å². The van der Waals surface area contributed by atoms with Gasteiger partial charge in [-0.05, 0) is 19.8 Å². The molecule has 1 fully saturated rings. The molecule has 0 aromatic carbocycles. The van der Waals surface area contributed by atoms with Gasteiger partial charge in [0.1, 0.15) is 0 Å². The van der Waals surface area contributed by atoms with Crippen LogP contribution in [0.3, 0.4) is 0 Å². The van der Waals surface area contributed by atoms with Crippen molar-refractivity contribution in [2.24, 2.45) is 5.92 Å². The third-order valence-electron chi connectivity index (χ3n) is 3.29. The van der Waals surface area contributed by atoms with E-state index >= 15 is 0 Å². The quantitative estimate of drug-likeness (QED) is 0.726. The zero-order valence-electron chi connectivity index (χ0n) is 10.3. The maximum Gasteiger partial charge on any atom is 0.228 e. The van der Waals surface area contributed by atoms with Crippen molar-refractivity contribution in [1.29, 1.82) is 0 Å². The molecule has 0 saturated carbocycles. The van der Waals surface area contributed by atoms with E-state index in [2.05, 4.69) is 31.0 Å². The summed E-state index contributed by atoms with van der Waals surface area (Å²) in [6, 6.07) is 0.393.